The first-order valence-corrected chi connectivity index (χ1v) is 10.7. The SMILES string of the molecule is CCS(=O)(=O)c1cc2cc(Cl)ccc2nc1C1=Cc2ncc(C(F)(F)F)cc2C1. The summed E-state index contributed by atoms with van der Waals surface area (Å²) < 4.78 is 64.4. The van der Waals surface area contributed by atoms with E-state index >= 15 is 0 Å². The summed E-state index contributed by atoms with van der Waals surface area (Å²) in [5.74, 6) is -0.134. The Bertz CT molecular complexity index is 1280. The van der Waals surface area contributed by atoms with Gasteiger partial charge in [0, 0.05) is 23.0 Å². The van der Waals surface area contributed by atoms with Gasteiger partial charge < -0.3 is 0 Å². The molecule has 4 nitrogen and oxygen atoms in total. The molecule has 0 radical (unpaired) electrons. The maximum Gasteiger partial charge on any atom is 0.417 e. The van der Waals surface area contributed by atoms with Gasteiger partial charge in [-0.05, 0) is 47.5 Å². The van der Waals surface area contributed by atoms with Gasteiger partial charge in [-0.25, -0.2) is 13.4 Å². The van der Waals surface area contributed by atoms with Crippen LogP contribution in [0.2, 0.25) is 5.02 Å². The zero-order chi connectivity index (χ0) is 21.0. The third-order valence-corrected chi connectivity index (χ3v) is 6.76. The van der Waals surface area contributed by atoms with E-state index in [9.17, 15) is 21.6 Å². The predicted molar refractivity (Wildman–Crippen MR) is 105 cm³/mol. The zero-order valence-electron chi connectivity index (χ0n) is 15.1. The van der Waals surface area contributed by atoms with E-state index in [1.165, 1.54) is 13.0 Å². The zero-order valence-corrected chi connectivity index (χ0v) is 16.7. The summed E-state index contributed by atoms with van der Waals surface area (Å²) in [5, 5.41) is 1.02. The normalized spacial score (nSPS) is 14.2. The number of aromatic nitrogens is 2. The molecule has 2 heterocycles. The van der Waals surface area contributed by atoms with Crippen LogP contribution in [-0.4, -0.2) is 24.1 Å². The molecule has 9 heteroatoms. The number of alkyl halides is 3. The van der Waals surface area contributed by atoms with Crippen molar-refractivity contribution in [2.24, 2.45) is 0 Å². The predicted octanol–water partition coefficient (Wildman–Crippen LogP) is 5.19. The van der Waals surface area contributed by atoms with Gasteiger partial charge in [-0.1, -0.05) is 18.5 Å². The van der Waals surface area contributed by atoms with Crippen LogP contribution < -0.4 is 0 Å². The quantitative estimate of drug-likeness (QED) is 0.564. The highest BCUT2D eigenvalue weighted by Gasteiger charge is 2.33. The molecule has 0 unspecified atom stereocenters. The Balaban J connectivity index is 1.87. The topological polar surface area (TPSA) is 59.9 Å². The molecular weight excluding hydrogens is 425 g/mol. The van der Waals surface area contributed by atoms with Gasteiger partial charge in [-0.2, -0.15) is 13.2 Å². The molecule has 29 heavy (non-hydrogen) atoms. The van der Waals surface area contributed by atoms with Crippen LogP contribution in [-0.2, 0) is 22.4 Å². The van der Waals surface area contributed by atoms with E-state index in [1.54, 1.807) is 24.3 Å². The molecule has 0 atom stereocenters. The number of sulfone groups is 1. The molecular formula is C20H14ClF3N2O2S. The third-order valence-electron chi connectivity index (χ3n) is 4.78. The van der Waals surface area contributed by atoms with Crippen LogP contribution in [0.4, 0.5) is 13.2 Å². The fourth-order valence-corrected chi connectivity index (χ4v) is 4.54. The molecule has 1 aromatic carbocycles. The van der Waals surface area contributed by atoms with Crippen LogP contribution in [0.15, 0.2) is 41.4 Å². The van der Waals surface area contributed by atoms with Crippen LogP contribution in [0.3, 0.4) is 0 Å². The number of hydrogen-bond acceptors (Lipinski definition) is 4. The highest BCUT2D eigenvalue weighted by molar-refractivity contribution is 7.91. The second kappa shape index (κ2) is 6.81. The second-order valence-electron chi connectivity index (χ2n) is 6.69. The van der Waals surface area contributed by atoms with Crippen molar-refractivity contribution in [3.05, 3.63) is 64.1 Å². The van der Waals surface area contributed by atoms with Gasteiger partial charge in [0.2, 0.25) is 0 Å². The van der Waals surface area contributed by atoms with Crippen molar-refractivity contribution in [1.82, 2.24) is 9.97 Å². The summed E-state index contributed by atoms with van der Waals surface area (Å²) in [6, 6.07) is 7.49. The number of pyridine rings is 2. The summed E-state index contributed by atoms with van der Waals surface area (Å²) in [6.07, 6.45) is -2.02. The van der Waals surface area contributed by atoms with E-state index in [0.717, 1.165) is 12.3 Å². The van der Waals surface area contributed by atoms with Gasteiger partial charge in [0.1, 0.15) is 0 Å². The minimum Gasteiger partial charge on any atom is -0.256 e. The summed E-state index contributed by atoms with van der Waals surface area (Å²) in [4.78, 5) is 8.44. The van der Waals surface area contributed by atoms with Crippen molar-refractivity contribution in [3.8, 4) is 0 Å². The van der Waals surface area contributed by atoms with Crippen molar-refractivity contribution >= 4 is 44.0 Å². The van der Waals surface area contributed by atoms with Gasteiger partial charge in [0.25, 0.3) is 0 Å². The van der Waals surface area contributed by atoms with E-state index in [2.05, 4.69) is 9.97 Å². The number of benzene rings is 1. The Kier molecular flexibility index (Phi) is 4.66. The molecule has 2 aromatic heterocycles. The summed E-state index contributed by atoms with van der Waals surface area (Å²) in [6.45, 7) is 1.52. The minimum absolute atomic E-state index is 0.0323. The molecule has 0 bridgehead atoms. The van der Waals surface area contributed by atoms with E-state index in [4.69, 9.17) is 11.6 Å². The van der Waals surface area contributed by atoms with Crippen LogP contribution in [0.5, 0.6) is 0 Å². The highest BCUT2D eigenvalue weighted by atomic mass is 35.5. The van der Waals surface area contributed by atoms with Gasteiger partial charge >= 0.3 is 6.18 Å². The number of fused-ring (bicyclic) bond motifs is 2. The van der Waals surface area contributed by atoms with Crippen molar-refractivity contribution in [3.63, 3.8) is 0 Å². The van der Waals surface area contributed by atoms with E-state index in [-0.39, 0.29) is 22.8 Å². The van der Waals surface area contributed by atoms with Gasteiger partial charge in [0.05, 0.1) is 33.1 Å². The number of nitrogens with zero attached hydrogens (tertiary/aromatic N) is 2. The fourth-order valence-electron chi connectivity index (χ4n) is 3.27. The van der Waals surface area contributed by atoms with E-state index < -0.39 is 21.6 Å². The Morgan fingerprint density at radius 3 is 2.62 bits per heavy atom. The van der Waals surface area contributed by atoms with Crippen molar-refractivity contribution < 1.29 is 21.6 Å². The number of hydrogen-bond donors (Lipinski definition) is 0. The monoisotopic (exact) mass is 438 g/mol. The molecule has 1 aliphatic carbocycles. The van der Waals surface area contributed by atoms with Crippen LogP contribution in [0.25, 0.3) is 22.6 Å². The molecule has 150 valence electrons. The lowest BCUT2D eigenvalue weighted by Crippen LogP contribution is -2.09. The summed E-state index contributed by atoms with van der Waals surface area (Å²) >= 11 is 6.01. The Morgan fingerprint density at radius 2 is 1.93 bits per heavy atom. The fraction of sp³-hybridized carbons (Fsp3) is 0.200. The molecule has 0 amide bonds. The van der Waals surface area contributed by atoms with Gasteiger partial charge in [-0.15, -0.1) is 0 Å². The van der Waals surface area contributed by atoms with Crippen molar-refractivity contribution in [1.29, 1.82) is 0 Å². The molecule has 4 rings (SSSR count). The molecule has 0 fully saturated rings. The van der Waals surface area contributed by atoms with Crippen molar-refractivity contribution in [2.75, 3.05) is 5.75 Å². The molecule has 0 saturated carbocycles. The van der Waals surface area contributed by atoms with E-state index in [1.807, 2.05) is 0 Å². The highest BCUT2D eigenvalue weighted by Crippen LogP contribution is 2.37. The average molecular weight is 439 g/mol. The first kappa shape index (κ1) is 19.8. The standard InChI is InChI=1S/C20H14ClF3N2O2S/c1-2-29(27,28)18-9-12-7-15(21)3-4-16(12)26-19(18)13-5-11-6-14(20(22,23)24)10-25-17(11)8-13/h3-4,6-10H,2,5H2,1H3. The first-order chi connectivity index (χ1) is 13.6. The maximum absolute atomic E-state index is 13.0. The smallest absolute Gasteiger partial charge is 0.256 e. The molecule has 1 aliphatic rings. The molecule has 0 spiro atoms. The van der Waals surface area contributed by atoms with E-state index in [0.29, 0.717) is 32.8 Å². The summed E-state index contributed by atoms with van der Waals surface area (Å²) in [7, 11) is -3.64. The molecule has 0 N–H and O–H groups in total. The lowest BCUT2D eigenvalue weighted by atomic mass is 10.1. The largest absolute Gasteiger partial charge is 0.417 e. The number of rotatable bonds is 3. The van der Waals surface area contributed by atoms with Gasteiger partial charge in [0.15, 0.2) is 9.84 Å². The Hall–Kier alpha value is -2.45. The minimum atomic E-state index is -4.50. The van der Waals surface area contributed by atoms with Crippen LogP contribution >= 0.6 is 11.6 Å². The first-order valence-electron chi connectivity index (χ1n) is 8.68. The molecule has 0 aliphatic heterocycles. The maximum atomic E-state index is 13.0. The molecule has 0 saturated heterocycles. The van der Waals surface area contributed by atoms with Gasteiger partial charge in [-0.3, -0.25) is 4.98 Å². The third kappa shape index (κ3) is 3.62. The second-order valence-corrected chi connectivity index (χ2v) is 9.37. The van der Waals surface area contributed by atoms with Crippen LogP contribution in [0.1, 0.15) is 29.4 Å². The lowest BCUT2D eigenvalue weighted by molar-refractivity contribution is -0.137. The van der Waals surface area contributed by atoms with Crippen LogP contribution in [0, 0.1) is 0 Å². The number of allylic oxidation sites excluding steroid dienone is 1. The number of halogens is 4. The van der Waals surface area contributed by atoms with Crippen molar-refractivity contribution in [2.45, 2.75) is 24.4 Å². The Morgan fingerprint density at radius 1 is 1.17 bits per heavy atom. The molecule has 3 aromatic rings. The summed E-state index contributed by atoms with van der Waals surface area (Å²) in [5.41, 5.74) is 1.20. The average Bonchev–Trinajstić information content (AvgIpc) is 3.09. The Labute approximate surface area is 170 Å². The lowest BCUT2D eigenvalue weighted by Gasteiger charge is -2.12.